The summed E-state index contributed by atoms with van der Waals surface area (Å²) in [7, 11) is 0. The van der Waals surface area contributed by atoms with Crippen molar-refractivity contribution in [3.05, 3.63) is 42.0 Å². The summed E-state index contributed by atoms with van der Waals surface area (Å²) in [6.45, 7) is 7.32. The average Bonchev–Trinajstić information content (AvgIpc) is 2.62. The topological polar surface area (TPSA) is 0 Å². The maximum atomic E-state index is 2.55. The Balaban J connectivity index is 2.08. The van der Waals surface area contributed by atoms with Gasteiger partial charge in [-0.2, -0.15) is 0 Å². The van der Waals surface area contributed by atoms with Gasteiger partial charge >= 0.3 is 0 Å². The summed E-state index contributed by atoms with van der Waals surface area (Å²) in [5.41, 5.74) is 3.89. The second-order valence-corrected chi connectivity index (χ2v) is 6.20. The normalized spacial score (nSPS) is 35.2. The van der Waals surface area contributed by atoms with Crippen LogP contribution in [0.15, 0.2) is 36.4 Å². The van der Waals surface area contributed by atoms with Crippen LogP contribution in [0, 0.1) is 16.7 Å². The van der Waals surface area contributed by atoms with Crippen LogP contribution in [-0.4, -0.2) is 0 Å². The first-order valence-corrected chi connectivity index (χ1v) is 6.33. The van der Waals surface area contributed by atoms with Crippen LogP contribution < -0.4 is 0 Å². The molecule has 0 heteroatoms. The fourth-order valence-electron chi connectivity index (χ4n) is 3.69. The van der Waals surface area contributed by atoms with Crippen LogP contribution >= 0.6 is 0 Å². The minimum absolute atomic E-state index is 0.419. The standard InChI is InChI=1S/C16H20/c1-15(2)14-9-10-16(15,3)11-13(14)12-7-5-4-6-8-12/h4-8,11,14H,9-10H2,1-3H3/t14-,16+/m1/s1. The number of fused-ring (bicyclic) bond motifs is 2. The van der Waals surface area contributed by atoms with Crippen molar-refractivity contribution in [1.29, 1.82) is 0 Å². The Bertz CT molecular complexity index is 438. The van der Waals surface area contributed by atoms with Gasteiger partial charge in [0.1, 0.15) is 0 Å². The largest absolute Gasteiger partial charge is 0.0739 e. The molecular weight excluding hydrogens is 192 g/mol. The first-order chi connectivity index (χ1) is 7.55. The third-order valence-corrected chi connectivity index (χ3v) is 5.25. The third-order valence-electron chi connectivity index (χ3n) is 5.25. The second-order valence-electron chi connectivity index (χ2n) is 6.20. The molecule has 0 saturated heterocycles. The molecular formula is C16H20. The fraction of sp³-hybridized carbons (Fsp3) is 0.500. The first-order valence-electron chi connectivity index (χ1n) is 6.33. The Morgan fingerprint density at radius 2 is 1.75 bits per heavy atom. The van der Waals surface area contributed by atoms with Gasteiger partial charge < -0.3 is 0 Å². The van der Waals surface area contributed by atoms with Crippen molar-refractivity contribution in [2.24, 2.45) is 16.7 Å². The van der Waals surface area contributed by atoms with Gasteiger partial charge in [0.2, 0.25) is 0 Å². The van der Waals surface area contributed by atoms with Gasteiger partial charge in [-0.1, -0.05) is 57.2 Å². The second kappa shape index (κ2) is 3.00. The quantitative estimate of drug-likeness (QED) is 0.641. The lowest BCUT2D eigenvalue weighted by molar-refractivity contribution is 0.183. The molecule has 1 saturated carbocycles. The molecule has 0 aromatic heterocycles. The van der Waals surface area contributed by atoms with E-state index < -0.39 is 0 Å². The highest BCUT2D eigenvalue weighted by atomic mass is 14.6. The molecule has 0 nitrogen and oxygen atoms in total. The fourth-order valence-corrected chi connectivity index (χ4v) is 3.69. The lowest BCUT2D eigenvalue weighted by Crippen LogP contribution is -2.27. The summed E-state index contributed by atoms with van der Waals surface area (Å²) in [4.78, 5) is 0. The zero-order chi connectivity index (χ0) is 11.4. The number of benzene rings is 1. The Labute approximate surface area is 98.4 Å². The molecule has 2 aliphatic carbocycles. The van der Waals surface area contributed by atoms with E-state index in [2.05, 4.69) is 57.2 Å². The molecule has 0 radical (unpaired) electrons. The van der Waals surface area contributed by atoms with Crippen molar-refractivity contribution in [2.75, 3.05) is 0 Å². The van der Waals surface area contributed by atoms with Crippen LogP contribution in [0.3, 0.4) is 0 Å². The smallest absolute Gasteiger partial charge is 0.00832 e. The monoisotopic (exact) mass is 212 g/mol. The molecule has 0 aliphatic heterocycles. The Kier molecular flexibility index (Phi) is 1.90. The summed E-state index contributed by atoms with van der Waals surface area (Å²) >= 11 is 0. The van der Waals surface area contributed by atoms with Crippen LogP contribution in [0.2, 0.25) is 0 Å². The van der Waals surface area contributed by atoms with Crippen molar-refractivity contribution in [1.82, 2.24) is 0 Å². The molecule has 2 aliphatic rings. The molecule has 0 spiro atoms. The van der Waals surface area contributed by atoms with Gasteiger partial charge in [-0.05, 0) is 40.7 Å². The Morgan fingerprint density at radius 3 is 2.25 bits per heavy atom. The lowest BCUT2D eigenvalue weighted by atomic mass is 9.70. The van der Waals surface area contributed by atoms with Gasteiger partial charge in [0.25, 0.3) is 0 Å². The van der Waals surface area contributed by atoms with Crippen molar-refractivity contribution in [3.8, 4) is 0 Å². The maximum absolute atomic E-state index is 2.55. The van der Waals surface area contributed by atoms with E-state index in [0.29, 0.717) is 10.8 Å². The first kappa shape index (κ1) is 10.1. The van der Waals surface area contributed by atoms with E-state index >= 15 is 0 Å². The maximum Gasteiger partial charge on any atom is -0.00832 e. The average molecular weight is 212 g/mol. The zero-order valence-electron chi connectivity index (χ0n) is 10.5. The zero-order valence-corrected chi connectivity index (χ0v) is 10.5. The summed E-state index contributed by atoms with van der Waals surface area (Å²) in [6, 6.07) is 10.9. The minimum atomic E-state index is 0.419. The van der Waals surface area contributed by atoms with Crippen molar-refractivity contribution in [3.63, 3.8) is 0 Å². The molecule has 0 heterocycles. The number of allylic oxidation sites excluding steroid dienone is 2. The Morgan fingerprint density at radius 1 is 1.06 bits per heavy atom. The van der Waals surface area contributed by atoms with Crippen LogP contribution in [0.5, 0.6) is 0 Å². The van der Waals surface area contributed by atoms with Gasteiger partial charge in [0.05, 0.1) is 0 Å². The van der Waals surface area contributed by atoms with Gasteiger partial charge in [0, 0.05) is 0 Å². The predicted molar refractivity (Wildman–Crippen MR) is 69.0 cm³/mol. The van der Waals surface area contributed by atoms with E-state index in [4.69, 9.17) is 0 Å². The molecule has 1 aromatic rings. The number of hydrogen-bond acceptors (Lipinski definition) is 0. The van der Waals surface area contributed by atoms with Crippen molar-refractivity contribution in [2.45, 2.75) is 33.6 Å². The van der Waals surface area contributed by atoms with Crippen molar-refractivity contribution >= 4 is 5.57 Å². The third kappa shape index (κ3) is 1.10. The van der Waals surface area contributed by atoms with E-state index in [1.807, 2.05) is 0 Å². The molecule has 16 heavy (non-hydrogen) atoms. The van der Waals surface area contributed by atoms with Crippen LogP contribution in [0.1, 0.15) is 39.2 Å². The molecule has 2 atom stereocenters. The molecule has 0 N–H and O–H groups in total. The Hall–Kier alpha value is -1.04. The van der Waals surface area contributed by atoms with E-state index in [0.717, 1.165) is 5.92 Å². The van der Waals surface area contributed by atoms with Gasteiger partial charge in [0.15, 0.2) is 0 Å². The van der Waals surface area contributed by atoms with E-state index in [9.17, 15) is 0 Å². The van der Waals surface area contributed by atoms with Gasteiger partial charge in [-0.15, -0.1) is 0 Å². The van der Waals surface area contributed by atoms with Crippen molar-refractivity contribution < 1.29 is 0 Å². The highest BCUT2D eigenvalue weighted by molar-refractivity contribution is 5.73. The molecule has 2 bridgehead atoms. The lowest BCUT2D eigenvalue weighted by Gasteiger charge is -2.34. The molecule has 0 unspecified atom stereocenters. The SMILES string of the molecule is CC1(C)[C@@H]2CC[C@@]1(C)C=C2c1ccccc1. The number of rotatable bonds is 1. The molecule has 1 aromatic carbocycles. The van der Waals surface area contributed by atoms with E-state index in [1.54, 1.807) is 5.57 Å². The highest BCUT2D eigenvalue weighted by Crippen LogP contribution is 2.66. The van der Waals surface area contributed by atoms with E-state index in [-0.39, 0.29) is 0 Å². The molecule has 84 valence electrons. The molecule has 0 amide bonds. The van der Waals surface area contributed by atoms with Crippen LogP contribution in [0.4, 0.5) is 0 Å². The van der Waals surface area contributed by atoms with Crippen LogP contribution in [0.25, 0.3) is 5.57 Å². The summed E-state index contributed by atoms with van der Waals surface area (Å²) < 4.78 is 0. The molecule has 1 fully saturated rings. The number of hydrogen-bond donors (Lipinski definition) is 0. The van der Waals surface area contributed by atoms with Crippen LogP contribution in [-0.2, 0) is 0 Å². The summed E-state index contributed by atoms with van der Waals surface area (Å²) in [5, 5.41) is 0. The highest BCUT2D eigenvalue weighted by Gasteiger charge is 2.56. The van der Waals surface area contributed by atoms with Gasteiger partial charge in [-0.3, -0.25) is 0 Å². The van der Waals surface area contributed by atoms with Gasteiger partial charge in [-0.25, -0.2) is 0 Å². The predicted octanol–water partition coefficient (Wildman–Crippen LogP) is 4.53. The van der Waals surface area contributed by atoms with E-state index in [1.165, 1.54) is 18.4 Å². The summed E-state index contributed by atoms with van der Waals surface area (Å²) in [5.74, 6) is 0.764. The minimum Gasteiger partial charge on any atom is -0.0739 e. The molecule has 3 rings (SSSR count). The summed E-state index contributed by atoms with van der Waals surface area (Å²) in [6.07, 6.45) is 5.28.